The SMILES string of the molecule is CCC(CCN)N1CCCN(C(C)C(=O)NC(N)=O)CC1. The van der Waals surface area contributed by atoms with Crippen LogP contribution in [0.25, 0.3) is 0 Å². The monoisotopic (exact) mass is 299 g/mol. The Bertz CT molecular complexity index is 350. The maximum Gasteiger partial charge on any atom is 0.318 e. The number of hydrogen-bond donors (Lipinski definition) is 3. The molecule has 1 aliphatic heterocycles. The van der Waals surface area contributed by atoms with Crippen molar-refractivity contribution in [2.75, 3.05) is 32.7 Å². The summed E-state index contributed by atoms with van der Waals surface area (Å²) >= 11 is 0. The third-order valence-electron chi connectivity index (χ3n) is 4.23. The first-order valence-corrected chi connectivity index (χ1v) is 7.78. The van der Waals surface area contributed by atoms with Gasteiger partial charge in [-0.1, -0.05) is 6.92 Å². The number of hydrogen-bond acceptors (Lipinski definition) is 5. The van der Waals surface area contributed by atoms with Crippen molar-refractivity contribution in [1.29, 1.82) is 0 Å². The van der Waals surface area contributed by atoms with E-state index in [-0.39, 0.29) is 11.9 Å². The predicted molar refractivity (Wildman–Crippen MR) is 82.7 cm³/mol. The summed E-state index contributed by atoms with van der Waals surface area (Å²) in [6, 6.07) is -0.617. The molecule has 0 aliphatic carbocycles. The Kier molecular flexibility index (Phi) is 7.63. The fourth-order valence-electron chi connectivity index (χ4n) is 2.94. The Balaban J connectivity index is 2.55. The van der Waals surface area contributed by atoms with Gasteiger partial charge in [0.2, 0.25) is 5.91 Å². The fourth-order valence-corrected chi connectivity index (χ4v) is 2.94. The zero-order valence-electron chi connectivity index (χ0n) is 13.2. The molecular weight excluding hydrogens is 270 g/mol. The predicted octanol–water partition coefficient (Wildman–Crippen LogP) is -0.295. The first kappa shape index (κ1) is 17.9. The topological polar surface area (TPSA) is 105 Å². The van der Waals surface area contributed by atoms with E-state index in [1.54, 1.807) is 0 Å². The molecule has 122 valence electrons. The van der Waals surface area contributed by atoms with Crippen LogP contribution in [0.15, 0.2) is 0 Å². The molecule has 0 aromatic carbocycles. The second kappa shape index (κ2) is 8.96. The Morgan fingerprint density at radius 3 is 2.38 bits per heavy atom. The van der Waals surface area contributed by atoms with Crippen molar-refractivity contribution in [3.05, 3.63) is 0 Å². The number of amides is 3. The second-order valence-corrected chi connectivity index (χ2v) is 5.59. The van der Waals surface area contributed by atoms with Crippen LogP contribution in [0.4, 0.5) is 4.79 Å². The van der Waals surface area contributed by atoms with Gasteiger partial charge < -0.3 is 11.5 Å². The lowest BCUT2D eigenvalue weighted by Crippen LogP contribution is -2.49. The summed E-state index contributed by atoms with van der Waals surface area (Å²) in [5.74, 6) is -0.329. The average Bonchev–Trinajstić information content (AvgIpc) is 2.69. The van der Waals surface area contributed by atoms with E-state index < -0.39 is 6.03 Å². The van der Waals surface area contributed by atoms with Gasteiger partial charge >= 0.3 is 6.03 Å². The van der Waals surface area contributed by atoms with Crippen LogP contribution in [0.3, 0.4) is 0 Å². The molecule has 0 spiro atoms. The summed E-state index contributed by atoms with van der Waals surface area (Å²) in [7, 11) is 0. The van der Waals surface area contributed by atoms with E-state index in [9.17, 15) is 9.59 Å². The summed E-state index contributed by atoms with van der Waals surface area (Å²) in [5.41, 5.74) is 10.7. The molecule has 1 rings (SSSR count). The zero-order chi connectivity index (χ0) is 15.8. The molecule has 2 atom stereocenters. The van der Waals surface area contributed by atoms with Crippen molar-refractivity contribution >= 4 is 11.9 Å². The number of nitrogens with zero attached hydrogens (tertiary/aromatic N) is 2. The highest BCUT2D eigenvalue weighted by atomic mass is 16.2. The third-order valence-corrected chi connectivity index (χ3v) is 4.23. The van der Waals surface area contributed by atoms with Crippen LogP contribution in [0, 0.1) is 0 Å². The number of imide groups is 1. The normalized spacial score (nSPS) is 20.5. The number of urea groups is 1. The summed E-state index contributed by atoms with van der Waals surface area (Å²) in [6.45, 7) is 8.32. The number of carbonyl (C=O) groups is 2. The highest BCUT2D eigenvalue weighted by Gasteiger charge is 2.26. The molecule has 1 aliphatic rings. The number of rotatable bonds is 6. The maximum atomic E-state index is 11.9. The first-order valence-electron chi connectivity index (χ1n) is 7.78. The summed E-state index contributed by atoms with van der Waals surface area (Å²) < 4.78 is 0. The smallest absolute Gasteiger partial charge is 0.318 e. The lowest BCUT2D eigenvalue weighted by molar-refractivity contribution is -0.124. The Morgan fingerprint density at radius 1 is 1.19 bits per heavy atom. The Labute approximate surface area is 127 Å². The lowest BCUT2D eigenvalue weighted by atomic mass is 10.1. The third kappa shape index (κ3) is 5.61. The van der Waals surface area contributed by atoms with E-state index in [2.05, 4.69) is 22.0 Å². The molecule has 0 saturated carbocycles. The van der Waals surface area contributed by atoms with Crippen molar-refractivity contribution in [2.24, 2.45) is 11.5 Å². The Hall–Kier alpha value is -1.18. The van der Waals surface area contributed by atoms with Crippen LogP contribution in [0.2, 0.25) is 0 Å². The van der Waals surface area contributed by atoms with Crippen LogP contribution in [-0.2, 0) is 4.79 Å². The number of carbonyl (C=O) groups excluding carboxylic acids is 2. The number of nitrogens with two attached hydrogens (primary N) is 2. The van der Waals surface area contributed by atoms with Crippen LogP contribution >= 0.6 is 0 Å². The highest BCUT2D eigenvalue weighted by molar-refractivity contribution is 5.96. The zero-order valence-corrected chi connectivity index (χ0v) is 13.2. The van der Waals surface area contributed by atoms with Crippen LogP contribution in [0.5, 0.6) is 0 Å². The molecule has 0 aromatic rings. The van der Waals surface area contributed by atoms with Crippen molar-refractivity contribution < 1.29 is 9.59 Å². The standard InChI is InChI=1S/C14H29N5O2/c1-3-12(5-6-15)19-8-4-7-18(9-10-19)11(2)13(20)17-14(16)21/h11-12H,3-10,15H2,1-2H3,(H3,16,17,20,21). The molecule has 0 bridgehead atoms. The average molecular weight is 299 g/mol. The van der Waals surface area contributed by atoms with Gasteiger partial charge in [-0.2, -0.15) is 0 Å². The van der Waals surface area contributed by atoms with Crippen LogP contribution < -0.4 is 16.8 Å². The van der Waals surface area contributed by atoms with Gasteiger partial charge in [0.05, 0.1) is 6.04 Å². The van der Waals surface area contributed by atoms with Crippen molar-refractivity contribution in [2.45, 2.75) is 45.2 Å². The molecule has 7 nitrogen and oxygen atoms in total. The molecule has 7 heteroatoms. The lowest BCUT2D eigenvalue weighted by Gasteiger charge is -2.30. The number of nitrogens with one attached hydrogen (secondary N) is 1. The van der Waals surface area contributed by atoms with Crippen LogP contribution in [-0.4, -0.2) is 66.5 Å². The molecule has 0 radical (unpaired) electrons. The van der Waals surface area contributed by atoms with E-state index in [1.807, 2.05) is 6.92 Å². The van der Waals surface area contributed by atoms with E-state index in [1.165, 1.54) is 0 Å². The minimum Gasteiger partial charge on any atom is -0.351 e. The van der Waals surface area contributed by atoms with Gasteiger partial charge in [-0.15, -0.1) is 0 Å². The van der Waals surface area contributed by atoms with E-state index in [0.29, 0.717) is 12.6 Å². The maximum absolute atomic E-state index is 11.9. The van der Waals surface area contributed by atoms with Crippen molar-refractivity contribution in [3.8, 4) is 0 Å². The van der Waals surface area contributed by atoms with Gasteiger partial charge in [0.1, 0.15) is 0 Å². The van der Waals surface area contributed by atoms with Gasteiger partial charge in [-0.3, -0.25) is 19.9 Å². The minimum atomic E-state index is -0.794. The molecule has 5 N–H and O–H groups in total. The highest BCUT2D eigenvalue weighted by Crippen LogP contribution is 2.14. The molecular formula is C14H29N5O2. The van der Waals surface area contributed by atoms with Gasteiger partial charge in [0, 0.05) is 25.7 Å². The molecule has 2 unspecified atom stereocenters. The minimum absolute atomic E-state index is 0.329. The van der Waals surface area contributed by atoms with Crippen molar-refractivity contribution in [1.82, 2.24) is 15.1 Å². The second-order valence-electron chi connectivity index (χ2n) is 5.59. The van der Waals surface area contributed by atoms with E-state index >= 15 is 0 Å². The van der Waals surface area contributed by atoms with Crippen molar-refractivity contribution in [3.63, 3.8) is 0 Å². The first-order chi connectivity index (χ1) is 9.99. The van der Waals surface area contributed by atoms with Gasteiger partial charge in [-0.05, 0) is 39.3 Å². The largest absolute Gasteiger partial charge is 0.351 e. The molecule has 1 fully saturated rings. The Morgan fingerprint density at radius 2 is 1.81 bits per heavy atom. The molecule has 3 amide bonds. The van der Waals surface area contributed by atoms with E-state index in [0.717, 1.165) is 45.4 Å². The summed E-state index contributed by atoms with van der Waals surface area (Å²) in [4.78, 5) is 27.2. The molecule has 1 heterocycles. The van der Waals surface area contributed by atoms with Crippen LogP contribution in [0.1, 0.15) is 33.1 Å². The summed E-state index contributed by atoms with van der Waals surface area (Å²) in [6.07, 6.45) is 3.11. The number of primary amides is 1. The quantitative estimate of drug-likeness (QED) is 0.625. The van der Waals surface area contributed by atoms with Gasteiger partial charge in [-0.25, -0.2) is 4.79 Å². The fraction of sp³-hybridized carbons (Fsp3) is 0.857. The summed E-state index contributed by atoms with van der Waals surface area (Å²) in [5, 5.41) is 2.15. The molecule has 1 saturated heterocycles. The van der Waals surface area contributed by atoms with Gasteiger partial charge in [0.15, 0.2) is 0 Å². The van der Waals surface area contributed by atoms with E-state index in [4.69, 9.17) is 11.5 Å². The molecule has 0 aromatic heterocycles. The molecule has 21 heavy (non-hydrogen) atoms. The van der Waals surface area contributed by atoms with Gasteiger partial charge in [0.25, 0.3) is 0 Å².